The second kappa shape index (κ2) is 14.7. The maximum Gasteiger partial charge on any atom is 0.279 e. The highest BCUT2D eigenvalue weighted by Crippen LogP contribution is 2.24. The van der Waals surface area contributed by atoms with Crippen molar-refractivity contribution in [2.24, 2.45) is 0 Å². The molecule has 10 nitrogen and oxygen atoms in total. The first kappa shape index (κ1) is 32.1. The molecule has 1 unspecified atom stereocenters. The third-order valence-electron chi connectivity index (χ3n) is 8.11. The van der Waals surface area contributed by atoms with Gasteiger partial charge in [-0.05, 0) is 64.0 Å². The standard InChI is InChI=1S/C35H41N5O5/c1-23(2)45-35(34(43)39-16-5-6-17-39)44-21-30(41)28-11-7-10-27(19-28)25(4)9-8-18-40-29-20-36-22-37-31(29)32(38-40)33(42)26-14-12-24(3)13-15-26/h7,10-15,19-20,22-23,25,35H,5-6,8-9,16-18,21H2,1-4H3/t25?,35-/m0/s1. The van der Waals surface area contributed by atoms with E-state index in [9.17, 15) is 14.4 Å². The van der Waals surface area contributed by atoms with Crippen molar-refractivity contribution in [3.8, 4) is 0 Å². The molecule has 0 bridgehead atoms. The molecule has 236 valence electrons. The third kappa shape index (κ3) is 7.87. The lowest BCUT2D eigenvalue weighted by atomic mass is 9.94. The minimum absolute atomic E-state index is 0.166. The number of ketones is 2. The number of carbonyl (C=O) groups excluding carboxylic acids is 3. The first-order chi connectivity index (χ1) is 21.7. The van der Waals surface area contributed by atoms with Gasteiger partial charge in [0.1, 0.15) is 24.0 Å². The van der Waals surface area contributed by atoms with Gasteiger partial charge in [-0.25, -0.2) is 9.97 Å². The summed E-state index contributed by atoms with van der Waals surface area (Å²) in [4.78, 5) is 49.5. The zero-order valence-electron chi connectivity index (χ0n) is 26.4. The fourth-order valence-corrected chi connectivity index (χ4v) is 5.55. The molecule has 5 rings (SSSR count). The van der Waals surface area contributed by atoms with Gasteiger partial charge in [-0.15, -0.1) is 0 Å². The summed E-state index contributed by atoms with van der Waals surface area (Å²) < 4.78 is 13.3. The first-order valence-corrected chi connectivity index (χ1v) is 15.7. The molecule has 3 heterocycles. The number of hydrogen-bond donors (Lipinski definition) is 0. The number of Topliss-reactive ketones (excluding diaryl/α,β-unsaturated/α-hetero) is 1. The zero-order chi connectivity index (χ0) is 31.9. The molecule has 0 aliphatic carbocycles. The lowest BCUT2D eigenvalue weighted by Gasteiger charge is -2.24. The van der Waals surface area contributed by atoms with Gasteiger partial charge in [0, 0.05) is 30.8 Å². The molecule has 1 amide bonds. The van der Waals surface area contributed by atoms with E-state index < -0.39 is 6.29 Å². The molecule has 1 fully saturated rings. The minimum Gasteiger partial charge on any atom is -0.342 e. The molecular weight excluding hydrogens is 570 g/mol. The van der Waals surface area contributed by atoms with Crippen LogP contribution in [0.4, 0.5) is 0 Å². The first-order valence-electron chi connectivity index (χ1n) is 15.7. The van der Waals surface area contributed by atoms with E-state index >= 15 is 0 Å². The van der Waals surface area contributed by atoms with E-state index in [1.807, 2.05) is 63.2 Å². The number of nitrogens with zero attached hydrogens (tertiary/aromatic N) is 5. The van der Waals surface area contributed by atoms with E-state index in [1.54, 1.807) is 21.8 Å². The molecule has 2 aromatic carbocycles. The number of amides is 1. The fraction of sp³-hybridized carbons (Fsp3) is 0.429. The van der Waals surface area contributed by atoms with E-state index in [0.29, 0.717) is 42.0 Å². The van der Waals surface area contributed by atoms with Crippen molar-refractivity contribution >= 4 is 28.5 Å². The van der Waals surface area contributed by atoms with Crippen LogP contribution in [0.25, 0.3) is 11.0 Å². The molecule has 1 aliphatic rings. The van der Waals surface area contributed by atoms with Gasteiger partial charge in [0.05, 0.1) is 12.3 Å². The Morgan fingerprint density at radius 1 is 0.978 bits per heavy atom. The summed E-state index contributed by atoms with van der Waals surface area (Å²) in [5, 5.41) is 4.65. The molecule has 2 atom stereocenters. The summed E-state index contributed by atoms with van der Waals surface area (Å²) in [6.45, 7) is 9.50. The van der Waals surface area contributed by atoms with Crippen LogP contribution in [0.2, 0.25) is 0 Å². The lowest BCUT2D eigenvalue weighted by Crippen LogP contribution is -2.42. The van der Waals surface area contributed by atoms with E-state index in [4.69, 9.17) is 9.47 Å². The largest absolute Gasteiger partial charge is 0.342 e. The predicted molar refractivity (Wildman–Crippen MR) is 170 cm³/mol. The minimum atomic E-state index is -1.09. The molecule has 45 heavy (non-hydrogen) atoms. The molecule has 1 aliphatic heterocycles. The second-order valence-corrected chi connectivity index (χ2v) is 12.0. The monoisotopic (exact) mass is 611 g/mol. The smallest absolute Gasteiger partial charge is 0.279 e. The lowest BCUT2D eigenvalue weighted by molar-refractivity contribution is -0.187. The number of aromatic nitrogens is 4. The molecule has 0 radical (unpaired) electrons. The van der Waals surface area contributed by atoms with Crippen molar-refractivity contribution < 1.29 is 23.9 Å². The van der Waals surface area contributed by atoms with Crippen LogP contribution in [0.1, 0.15) is 89.9 Å². The van der Waals surface area contributed by atoms with Crippen LogP contribution in [0.15, 0.2) is 61.1 Å². The average Bonchev–Trinajstić information content (AvgIpc) is 3.72. The maximum atomic E-state index is 13.3. The Bertz CT molecular complexity index is 1640. The maximum absolute atomic E-state index is 13.3. The number of likely N-dealkylation sites (tertiary alicyclic amines) is 1. The topological polar surface area (TPSA) is 117 Å². The van der Waals surface area contributed by atoms with Gasteiger partial charge in [-0.3, -0.25) is 19.1 Å². The number of carbonyl (C=O) groups is 3. The quantitative estimate of drug-likeness (QED) is 0.135. The highest BCUT2D eigenvalue weighted by molar-refractivity contribution is 6.13. The van der Waals surface area contributed by atoms with E-state index in [1.165, 1.54) is 6.33 Å². The second-order valence-electron chi connectivity index (χ2n) is 12.0. The van der Waals surface area contributed by atoms with E-state index in [0.717, 1.165) is 42.3 Å². The summed E-state index contributed by atoms with van der Waals surface area (Å²) in [7, 11) is 0. The number of fused-ring (bicyclic) bond motifs is 1. The number of benzene rings is 2. The Kier molecular flexibility index (Phi) is 10.5. The van der Waals surface area contributed by atoms with Crippen molar-refractivity contribution in [2.45, 2.75) is 78.2 Å². The van der Waals surface area contributed by atoms with Crippen molar-refractivity contribution in [2.75, 3.05) is 19.7 Å². The molecule has 0 spiro atoms. The van der Waals surface area contributed by atoms with Gasteiger partial charge in [0.15, 0.2) is 11.5 Å². The number of aryl methyl sites for hydroxylation is 2. The van der Waals surface area contributed by atoms with Crippen LogP contribution in [0.5, 0.6) is 0 Å². The van der Waals surface area contributed by atoms with Gasteiger partial charge < -0.3 is 14.4 Å². The molecule has 2 aromatic heterocycles. The Balaban J connectivity index is 1.20. The summed E-state index contributed by atoms with van der Waals surface area (Å²) in [5.74, 6) is -0.429. The van der Waals surface area contributed by atoms with E-state index in [-0.39, 0.29) is 36.1 Å². The zero-order valence-corrected chi connectivity index (χ0v) is 26.4. The molecule has 0 N–H and O–H groups in total. The third-order valence-corrected chi connectivity index (χ3v) is 8.11. The van der Waals surface area contributed by atoms with Crippen molar-refractivity contribution in [1.29, 1.82) is 0 Å². The van der Waals surface area contributed by atoms with Gasteiger partial charge in [0.2, 0.25) is 12.1 Å². The van der Waals surface area contributed by atoms with Crippen molar-refractivity contribution in [3.05, 3.63) is 89.0 Å². The van der Waals surface area contributed by atoms with Gasteiger partial charge in [-0.1, -0.05) is 55.0 Å². The Hall–Kier alpha value is -4.28. The van der Waals surface area contributed by atoms with Gasteiger partial charge >= 0.3 is 0 Å². The van der Waals surface area contributed by atoms with Crippen LogP contribution in [-0.4, -0.2) is 74.2 Å². The molecule has 0 saturated carbocycles. The van der Waals surface area contributed by atoms with Crippen LogP contribution in [0, 0.1) is 6.92 Å². The van der Waals surface area contributed by atoms with Crippen molar-refractivity contribution in [3.63, 3.8) is 0 Å². The molecule has 10 heteroatoms. The number of rotatable bonds is 14. The average molecular weight is 612 g/mol. The molecular formula is C35H41N5O5. The van der Waals surface area contributed by atoms with Crippen LogP contribution < -0.4 is 0 Å². The SMILES string of the molecule is Cc1ccc(C(=O)c2nn(CCCC(C)c3cccc(C(=O)CO[C@@H](OC(C)C)C(=O)N4CCCC4)c3)c3cncnc23)cc1. The summed E-state index contributed by atoms with van der Waals surface area (Å²) in [5.41, 5.74) is 4.80. The van der Waals surface area contributed by atoms with Gasteiger partial charge in [0.25, 0.3) is 5.91 Å². The Morgan fingerprint density at radius 2 is 1.73 bits per heavy atom. The van der Waals surface area contributed by atoms with Crippen LogP contribution in [-0.2, 0) is 20.8 Å². The number of ether oxygens (including phenoxy) is 2. The highest BCUT2D eigenvalue weighted by Gasteiger charge is 2.29. The molecule has 4 aromatic rings. The Morgan fingerprint density at radius 3 is 2.47 bits per heavy atom. The predicted octanol–water partition coefficient (Wildman–Crippen LogP) is 5.52. The summed E-state index contributed by atoms with van der Waals surface area (Å²) in [6.07, 6.45) is 5.37. The summed E-state index contributed by atoms with van der Waals surface area (Å²) >= 11 is 0. The number of hydrogen-bond acceptors (Lipinski definition) is 8. The van der Waals surface area contributed by atoms with Gasteiger partial charge in [-0.2, -0.15) is 5.10 Å². The van der Waals surface area contributed by atoms with Crippen LogP contribution in [0.3, 0.4) is 0 Å². The molecule has 1 saturated heterocycles. The Labute approximate surface area is 263 Å². The normalized spacial score (nSPS) is 14.6. The highest BCUT2D eigenvalue weighted by atomic mass is 16.7. The fourth-order valence-electron chi connectivity index (χ4n) is 5.55. The van der Waals surface area contributed by atoms with Crippen molar-refractivity contribution in [1.82, 2.24) is 24.6 Å². The summed E-state index contributed by atoms with van der Waals surface area (Å²) in [6, 6.07) is 15.0. The van der Waals surface area contributed by atoms with E-state index in [2.05, 4.69) is 22.0 Å². The van der Waals surface area contributed by atoms with Crippen LogP contribution >= 0.6 is 0 Å².